The number of carboxylic acids is 1. The topological polar surface area (TPSA) is 104 Å². The van der Waals surface area contributed by atoms with Gasteiger partial charge in [0.2, 0.25) is 0 Å². The summed E-state index contributed by atoms with van der Waals surface area (Å²) in [5, 5.41) is 21.4. The van der Waals surface area contributed by atoms with Gasteiger partial charge in [0.05, 0.1) is 16.4 Å². The van der Waals surface area contributed by atoms with Gasteiger partial charge in [-0.3, -0.25) is 9.00 Å². The van der Waals surface area contributed by atoms with Gasteiger partial charge in [0.25, 0.3) is 5.91 Å². The molecule has 2 aromatic carbocycles. The van der Waals surface area contributed by atoms with Crippen molar-refractivity contribution in [3.63, 3.8) is 0 Å². The number of aliphatic hydroxyl groups is 1. The molecule has 0 aliphatic rings. The van der Waals surface area contributed by atoms with Crippen molar-refractivity contribution >= 4 is 22.7 Å². The molecule has 0 aliphatic heterocycles. The van der Waals surface area contributed by atoms with Crippen LogP contribution in [0, 0.1) is 0 Å². The molecule has 0 unspecified atom stereocenters. The molecule has 0 bridgehead atoms. The Bertz CT molecular complexity index is 872. The number of aliphatic hydroxyl groups excluding tert-OH is 1. The van der Waals surface area contributed by atoms with Crippen LogP contribution < -0.4 is 5.32 Å². The Hall–Kier alpha value is -2.72. The largest absolute Gasteiger partial charge is 0.480 e. The minimum atomic E-state index is -4.56. The van der Waals surface area contributed by atoms with Crippen LogP contribution in [0.5, 0.6) is 0 Å². The van der Waals surface area contributed by atoms with Crippen LogP contribution in [0.4, 0.5) is 13.2 Å². The smallest absolute Gasteiger partial charge is 0.416 e. The minimum absolute atomic E-state index is 0.0440. The Morgan fingerprint density at radius 3 is 2.14 bits per heavy atom. The van der Waals surface area contributed by atoms with E-state index in [1.165, 1.54) is 0 Å². The SMILES string of the molecule is O=C(N[C@H](CC[S@@](=O)c1ccccc1)C(=O)O)[C@@H](O)c1ccc(C(F)(F)F)cc1. The van der Waals surface area contributed by atoms with Gasteiger partial charge < -0.3 is 15.5 Å². The molecular weight excluding hydrogens is 411 g/mol. The molecule has 3 atom stereocenters. The lowest BCUT2D eigenvalue weighted by atomic mass is 10.1. The van der Waals surface area contributed by atoms with E-state index in [-0.39, 0.29) is 17.7 Å². The molecular formula is C19H18F3NO5S. The number of aliphatic carboxylic acids is 1. The Morgan fingerprint density at radius 1 is 1.03 bits per heavy atom. The van der Waals surface area contributed by atoms with Gasteiger partial charge in [0, 0.05) is 10.6 Å². The van der Waals surface area contributed by atoms with E-state index in [0.717, 1.165) is 12.1 Å². The van der Waals surface area contributed by atoms with Crippen LogP contribution in [-0.2, 0) is 26.6 Å². The maximum absolute atomic E-state index is 12.6. The fourth-order valence-electron chi connectivity index (χ4n) is 2.43. The Morgan fingerprint density at radius 2 is 1.62 bits per heavy atom. The van der Waals surface area contributed by atoms with Crippen molar-refractivity contribution in [1.82, 2.24) is 5.32 Å². The molecule has 0 spiro atoms. The highest BCUT2D eigenvalue weighted by Gasteiger charge is 2.31. The zero-order valence-electron chi connectivity index (χ0n) is 14.9. The molecule has 1 amide bonds. The summed E-state index contributed by atoms with van der Waals surface area (Å²) in [5.74, 6) is -2.51. The molecule has 0 aromatic heterocycles. The van der Waals surface area contributed by atoms with E-state index in [2.05, 4.69) is 5.32 Å². The highest BCUT2D eigenvalue weighted by atomic mass is 32.2. The van der Waals surface area contributed by atoms with E-state index in [0.29, 0.717) is 17.0 Å². The molecule has 6 nitrogen and oxygen atoms in total. The standard InChI is InChI=1S/C19H18F3NO5S/c20-19(21,22)13-8-6-12(7-9-13)16(24)17(25)23-15(18(26)27)10-11-29(28)14-4-2-1-3-5-14/h1-9,15-16,24H,10-11H2,(H,23,25)(H,26,27)/t15-,16+,29-/m1/s1. The summed E-state index contributed by atoms with van der Waals surface area (Å²) in [5.41, 5.74) is -1.06. The number of nitrogens with one attached hydrogen (secondary N) is 1. The molecule has 0 aliphatic carbocycles. The van der Waals surface area contributed by atoms with Crippen LogP contribution in [-0.4, -0.2) is 38.1 Å². The van der Waals surface area contributed by atoms with Gasteiger partial charge >= 0.3 is 12.1 Å². The monoisotopic (exact) mass is 429 g/mol. The Kier molecular flexibility index (Phi) is 7.52. The number of amides is 1. The summed E-state index contributed by atoms with van der Waals surface area (Å²) < 4.78 is 49.9. The first-order valence-corrected chi connectivity index (χ1v) is 9.73. The molecule has 3 N–H and O–H groups in total. The number of carboxylic acid groups (broad SMARTS) is 1. The number of benzene rings is 2. The second-order valence-electron chi connectivity index (χ2n) is 6.07. The second-order valence-corrected chi connectivity index (χ2v) is 7.64. The average molecular weight is 429 g/mol. The van der Waals surface area contributed by atoms with Crippen molar-refractivity contribution in [2.24, 2.45) is 0 Å². The first kappa shape index (κ1) is 22.6. The van der Waals surface area contributed by atoms with Crippen LogP contribution in [0.1, 0.15) is 23.7 Å². The van der Waals surface area contributed by atoms with Crippen molar-refractivity contribution < 1.29 is 37.2 Å². The molecule has 10 heteroatoms. The molecule has 2 aromatic rings. The number of halogens is 3. The van der Waals surface area contributed by atoms with Crippen LogP contribution in [0.15, 0.2) is 59.5 Å². The lowest BCUT2D eigenvalue weighted by molar-refractivity contribution is -0.143. The van der Waals surface area contributed by atoms with Crippen molar-refractivity contribution in [3.05, 3.63) is 65.7 Å². The van der Waals surface area contributed by atoms with Crippen molar-refractivity contribution in [3.8, 4) is 0 Å². The van der Waals surface area contributed by atoms with Crippen LogP contribution >= 0.6 is 0 Å². The fourth-order valence-corrected chi connectivity index (χ4v) is 3.57. The van der Waals surface area contributed by atoms with Gasteiger partial charge in [-0.05, 0) is 36.2 Å². The lowest BCUT2D eigenvalue weighted by Gasteiger charge is -2.18. The van der Waals surface area contributed by atoms with Gasteiger partial charge in [0.1, 0.15) is 6.04 Å². The minimum Gasteiger partial charge on any atom is -0.480 e. The number of alkyl halides is 3. The summed E-state index contributed by atoms with van der Waals surface area (Å²) >= 11 is 0. The van der Waals surface area contributed by atoms with E-state index >= 15 is 0 Å². The maximum atomic E-state index is 12.6. The van der Waals surface area contributed by atoms with Gasteiger partial charge in [-0.15, -0.1) is 0 Å². The van der Waals surface area contributed by atoms with E-state index in [1.807, 2.05) is 0 Å². The molecule has 0 radical (unpaired) electrons. The number of hydrogen-bond donors (Lipinski definition) is 3. The number of carbonyl (C=O) groups excluding carboxylic acids is 1. The van der Waals surface area contributed by atoms with E-state index in [1.54, 1.807) is 30.3 Å². The van der Waals surface area contributed by atoms with Gasteiger partial charge in [0.15, 0.2) is 6.10 Å². The maximum Gasteiger partial charge on any atom is 0.416 e. The van der Waals surface area contributed by atoms with Gasteiger partial charge in [-0.2, -0.15) is 13.2 Å². The first-order chi connectivity index (χ1) is 13.6. The molecule has 0 fully saturated rings. The Labute approximate surface area is 166 Å². The molecule has 29 heavy (non-hydrogen) atoms. The third kappa shape index (κ3) is 6.40. The normalized spacial score (nSPS) is 14.6. The summed E-state index contributed by atoms with van der Waals surface area (Å²) in [6.07, 6.45) is -6.57. The summed E-state index contributed by atoms with van der Waals surface area (Å²) in [6.45, 7) is 0. The average Bonchev–Trinajstić information content (AvgIpc) is 2.70. The van der Waals surface area contributed by atoms with Gasteiger partial charge in [-0.25, -0.2) is 4.79 Å². The van der Waals surface area contributed by atoms with E-state index in [4.69, 9.17) is 0 Å². The predicted octanol–water partition coefficient (Wildman–Crippen LogP) is 2.51. The number of rotatable bonds is 8. The second kappa shape index (κ2) is 9.66. The molecule has 0 heterocycles. The third-order valence-electron chi connectivity index (χ3n) is 4.01. The number of hydrogen-bond acceptors (Lipinski definition) is 4. The number of carbonyl (C=O) groups is 2. The molecule has 0 saturated heterocycles. The molecule has 2 rings (SSSR count). The van der Waals surface area contributed by atoms with Crippen molar-refractivity contribution in [2.45, 2.75) is 29.6 Å². The quantitative estimate of drug-likeness (QED) is 0.598. The first-order valence-electron chi connectivity index (χ1n) is 8.41. The third-order valence-corrected chi connectivity index (χ3v) is 5.42. The molecule has 0 saturated carbocycles. The van der Waals surface area contributed by atoms with Crippen LogP contribution in [0.25, 0.3) is 0 Å². The molecule has 156 valence electrons. The van der Waals surface area contributed by atoms with Gasteiger partial charge in [-0.1, -0.05) is 30.3 Å². The fraction of sp³-hybridized carbons (Fsp3) is 0.263. The zero-order valence-corrected chi connectivity index (χ0v) is 15.7. The van der Waals surface area contributed by atoms with Crippen LogP contribution in [0.2, 0.25) is 0 Å². The Balaban J connectivity index is 1.99. The lowest BCUT2D eigenvalue weighted by Crippen LogP contribution is -2.43. The highest BCUT2D eigenvalue weighted by molar-refractivity contribution is 7.85. The van der Waals surface area contributed by atoms with E-state index in [9.17, 15) is 37.2 Å². The summed E-state index contributed by atoms with van der Waals surface area (Å²) in [6, 6.07) is 10.2. The zero-order chi connectivity index (χ0) is 21.6. The van der Waals surface area contributed by atoms with Crippen molar-refractivity contribution in [2.75, 3.05) is 5.75 Å². The summed E-state index contributed by atoms with van der Waals surface area (Å²) in [7, 11) is -1.48. The van der Waals surface area contributed by atoms with E-state index < -0.39 is 46.6 Å². The highest BCUT2D eigenvalue weighted by Crippen LogP contribution is 2.30. The van der Waals surface area contributed by atoms with Crippen LogP contribution in [0.3, 0.4) is 0 Å². The predicted molar refractivity (Wildman–Crippen MR) is 98.3 cm³/mol. The summed E-state index contributed by atoms with van der Waals surface area (Å²) in [4.78, 5) is 24.0. The van der Waals surface area contributed by atoms with Crippen molar-refractivity contribution in [1.29, 1.82) is 0 Å².